The van der Waals surface area contributed by atoms with Crippen LogP contribution >= 0.6 is 0 Å². The van der Waals surface area contributed by atoms with Crippen molar-refractivity contribution in [3.63, 3.8) is 0 Å². The average Bonchev–Trinajstić information content (AvgIpc) is 2.89. The Balaban J connectivity index is 2.10. The van der Waals surface area contributed by atoms with Gasteiger partial charge in [0.15, 0.2) is 0 Å². The zero-order valence-corrected chi connectivity index (χ0v) is 12.5. The molecule has 1 aliphatic rings. The Morgan fingerprint density at radius 1 is 1.09 bits per heavy atom. The summed E-state index contributed by atoms with van der Waals surface area (Å²) in [5.41, 5.74) is 4.06. The van der Waals surface area contributed by atoms with Crippen LogP contribution < -0.4 is 4.90 Å². The van der Waals surface area contributed by atoms with Crippen molar-refractivity contribution in [1.82, 2.24) is 0 Å². The van der Waals surface area contributed by atoms with Crippen LogP contribution in [0.5, 0.6) is 0 Å². The van der Waals surface area contributed by atoms with Gasteiger partial charge in [0.2, 0.25) is 0 Å². The van der Waals surface area contributed by atoms with E-state index in [1.54, 1.807) is 12.1 Å². The molecule has 22 heavy (non-hydrogen) atoms. The van der Waals surface area contributed by atoms with Crippen LogP contribution in [0.25, 0.3) is 0 Å². The van der Waals surface area contributed by atoms with Crippen molar-refractivity contribution in [1.29, 1.82) is 0 Å². The van der Waals surface area contributed by atoms with Gasteiger partial charge in [0.05, 0.1) is 0 Å². The van der Waals surface area contributed by atoms with E-state index in [9.17, 15) is 14.7 Å². The third-order valence-electron chi connectivity index (χ3n) is 4.31. The molecule has 1 N–H and O–H groups in total. The lowest BCUT2D eigenvalue weighted by molar-refractivity contribution is -0.138. The Bertz CT molecular complexity index is 767. The number of rotatable bonds is 2. The fraction of sp³-hybridized carbons (Fsp3) is 0.222. The van der Waals surface area contributed by atoms with Crippen LogP contribution in [0.4, 0.5) is 5.69 Å². The van der Waals surface area contributed by atoms with Gasteiger partial charge in [0, 0.05) is 17.7 Å². The summed E-state index contributed by atoms with van der Waals surface area (Å²) in [6.07, 6.45) is 0.349. The molecule has 112 valence electrons. The number of para-hydroxylation sites is 1. The van der Waals surface area contributed by atoms with E-state index in [0.29, 0.717) is 17.7 Å². The van der Waals surface area contributed by atoms with Gasteiger partial charge >= 0.3 is 5.97 Å². The summed E-state index contributed by atoms with van der Waals surface area (Å²) in [5.74, 6) is -1.23. The molecule has 2 aromatic rings. The summed E-state index contributed by atoms with van der Waals surface area (Å²) in [6.45, 7) is 3.83. The highest BCUT2D eigenvalue weighted by molar-refractivity contribution is 6.11. The van der Waals surface area contributed by atoms with Crippen LogP contribution in [0.2, 0.25) is 0 Å². The highest BCUT2D eigenvalue weighted by Gasteiger charge is 2.38. The number of carboxylic acids is 1. The summed E-state index contributed by atoms with van der Waals surface area (Å²) in [6, 6.07) is 12.1. The van der Waals surface area contributed by atoms with Crippen LogP contribution in [-0.2, 0) is 11.2 Å². The molecule has 0 spiro atoms. The van der Waals surface area contributed by atoms with Gasteiger partial charge in [-0.1, -0.05) is 30.3 Å². The topological polar surface area (TPSA) is 57.6 Å². The maximum atomic E-state index is 13.0. The van der Waals surface area contributed by atoms with Gasteiger partial charge in [-0.25, -0.2) is 4.79 Å². The zero-order valence-electron chi connectivity index (χ0n) is 12.5. The molecule has 0 fully saturated rings. The molecule has 0 saturated carbocycles. The fourth-order valence-corrected chi connectivity index (χ4v) is 2.95. The third-order valence-corrected chi connectivity index (χ3v) is 4.31. The largest absolute Gasteiger partial charge is 0.480 e. The number of hydrogen-bond donors (Lipinski definition) is 1. The quantitative estimate of drug-likeness (QED) is 0.926. The van der Waals surface area contributed by atoms with Crippen LogP contribution in [0, 0.1) is 13.8 Å². The molecule has 0 saturated heterocycles. The molecule has 1 amide bonds. The standard InChI is InChI=1S/C18H17NO3/c1-11-6-5-8-14(12(11)2)17(20)19-15-9-4-3-7-13(15)10-16(19)18(21)22/h3-9,16H,10H2,1-2H3,(H,21,22). The average molecular weight is 295 g/mol. The first-order valence-corrected chi connectivity index (χ1v) is 7.21. The van der Waals surface area contributed by atoms with E-state index in [4.69, 9.17) is 0 Å². The van der Waals surface area contributed by atoms with Gasteiger partial charge < -0.3 is 5.11 Å². The molecule has 0 radical (unpaired) electrons. The lowest BCUT2D eigenvalue weighted by atomic mass is 10.0. The molecule has 1 aliphatic heterocycles. The van der Waals surface area contributed by atoms with Crippen molar-refractivity contribution in [3.8, 4) is 0 Å². The number of benzene rings is 2. The molecule has 1 atom stereocenters. The molecule has 1 heterocycles. The number of carbonyl (C=O) groups is 2. The van der Waals surface area contributed by atoms with E-state index in [2.05, 4.69) is 0 Å². The Kier molecular flexibility index (Phi) is 3.45. The number of amides is 1. The van der Waals surface area contributed by atoms with E-state index in [1.165, 1.54) is 4.90 Å². The number of carbonyl (C=O) groups excluding carboxylic acids is 1. The molecule has 1 unspecified atom stereocenters. The molecule has 4 nitrogen and oxygen atoms in total. The molecule has 4 heteroatoms. The Labute approximate surface area is 129 Å². The molecular weight excluding hydrogens is 278 g/mol. The maximum absolute atomic E-state index is 13.0. The number of hydrogen-bond acceptors (Lipinski definition) is 2. The minimum Gasteiger partial charge on any atom is -0.480 e. The lowest BCUT2D eigenvalue weighted by Crippen LogP contribution is -2.43. The zero-order chi connectivity index (χ0) is 15.9. The smallest absolute Gasteiger partial charge is 0.327 e. The Morgan fingerprint density at radius 2 is 1.82 bits per heavy atom. The van der Waals surface area contributed by atoms with Crippen molar-refractivity contribution in [2.24, 2.45) is 0 Å². The van der Waals surface area contributed by atoms with Gasteiger partial charge in [0.25, 0.3) is 5.91 Å². The van der Waals surface area contributed by atoms with Crippen LogP contribution in [-0.4, -0.2) is 23.0 Å². The highest BCUT2D eigenvalue weighted by atomic mass is 16.4. The molecule has 0 aliphatic carbocycles. The van der Waals surface area contributed by atoms with Crippen molar-refractivity contribution < 1.29 is 14.7 Å². The first kappa shape index (κ1) is 14.3. The summed E-state index contributed by atoms with van der Waals surface area (Å²) in [4.78, 5) is 26.0. The van der Waals surface area contributed by atoms with E-state index in [1.807, 2.05) is 44.2 Å². The fourth-order valence-electron chi connectivity index (χ4n) is 2.95. The van der Waals surface area contributed by atoms with Crippen LogP contribution in [0.1, 0.15) is 27.0 Å². The predicted octanol–water partition coefficient (Wildman–Crippen LogP) is 2.96. The highest BCUT2D eigenvalue weighted by Crippen LogP contribution is 2.34. The Hall–Kier alpha value is -2.62. The molecule has 3 rings (SSSR count). The number of aliphatic carboxylic acids is 1. The first-order valence-electron chi connectivity index (χ1n) is 7.21. The maximum Gasteiger partial charge on any atom is 0.327 e. The monoisotopic (exact) mass is 295 g/mol. The second-order valence-corrected chi connectivity index (χ2v) is 5.61. The van der Waals surface area contributed by atoms with Gasteiger partial charge in [-0.3, -0.25) is 9.69 Å². The van der Waals surface area contributed by atoms with Crippen molar-refractivity contribution in [2.45, 2.75) is 26.3 Å². The van der Waals surface area contributed by atoms with Crippen LogP contribution in [0.3, 0.4) is 0 Å². The second kappa shape index (κ2) is 5.30. The Morgan fingerprint density at radius 3 is 2.55 bits per heavy atom. The van der Waals surface area contributed by atoms with E-state index >= 15 is 0 Å². The predicted molar refractivity (Wildman–Crippen MR) is 84.3 cm³/mol. The molecule has 0 bridgehead atoms. The number of carboxylic acid groups (broad SMARTS) is 1. The SMILES string of the molecule is Cc1cccc(C(=O)N2c3ccccc3CC2C(=O)O)c1C. The van der Waals surface area contributed by atoms with Gasteiger partial charge in [-0.2, -0.15) is 0 Å². The molecule has 0 aromatic heterocycles. The summed E-state index contributed by atoms with van der Waals surface area (Å²) < 4.78 is 0. The van der Waals surface area contributed by atoms with Crippen LogP contribution in [0.15, 0.2) is 42.5 Å². The van der Waals surface area contributed by atoms with Gasteiger partial charge in [0.1, 0.15) is 6.04 Å². The number of fused-ring (bicyclic) bond motifs is 1. The normalized spacial score (nSPS) is 16.5. The number of nitrogens with zero attached hydrogens (tertiary/aromatic N) is 1. The van der Waals surface area contributed by atoms with E-state index in [-0.39, 0.29) is 5.91 Å². The molecular formula is C18H17NO3. The first-order chi connectivity index (χ1) is 10.5. The molecule has 2 aromatic carbocycles. The minimum absolute atomic E-state index is 0.251. The van der Waals surface area contributed by atoms with Crippen molar-refractivity contribution in [2.75, 3.05) is 4.90 Å². The van der Waals surface area contributed by atoms with Gasteiger partial charge in [-0.15, -0.1) is 0 Å². The van der Waals surface area contributed by atoms with Crippen molar-refractivity contribution >= 4 is 17.6 Å². The minimum atomic E-state index is -0.977. The third kappa shape index (κ3) is 2.17. The van der Waals surface area contributed by atoms with E-state index in [0.717, 1.165) is 16.7 Å². The summed E-state index contributed by atoms with van der Waals surface area (Å²) in [7, 11) is 0. The summed E-state index contributed by atoms with van der Waals surface area (Å²) in [5, 5.41) is 9.48. The van der Waals surface area contributed by atoms with E-state index < -0.39 is 12.0 Å². The second-order valence-electron chi connectivity index (χ2n) is 5.61. The van der Waals surface area contributed by atoms with Gasteiger partial charge in [-0.05, 0) is 42.7 Å². The van der Waals surface area contributed by atoms with Crippen molar-refractivity contribution in [3.05, 3.63) is 64.7 Å². The number of anilines is 1. The number of aryl methyl sites for hydroxylation is 1. The summed E-state index contributed by atoms with van der Waals surface area (Å²) >= 11 is 0. The lowest BCUT2D eigenvalue weighted by Gasteiger charge is -2.23.